The first kappa shape index (κ1) is 10.8. The Balaban J connectivity index is 2.24. The van der Waals surface area contributed by atoms with Crippen LogP contribution in [-0.4, -0.2) is 12.1 Å². The van der Waals surface area contributed by atoms with Crippen molar-refractivity contribution in [1.82, 2.24) is 4.98 Å². The Hall–Kier alpha value is -1.74. The highest BCUT2D eigenvalue weighted by molar-refractivity contribution is 6.33. The second-order valence-corrected chi connectivity index (χ2v) is 3.60. The van der Waals surface area contributed by atoms with Crippen molar-refractivity contribution >= 4 is 23.1 Å². The number of pyridine rings is 1. The normalized spacial score (nSPS) is 9.88. The van der Waals surface area contributed by atoms with E-state index in [-0.39, 0.29) is 0 Å². The molecule has 3 nitrogen and oxygen atoms in total. The Morgan fingerprint density at radius 3 is 2.88 bits per heavy atom. The van der Waals surface area contributed by atoms with Crippen LogP contribution in [0.25, 0.3) is 0 Å². The predicted molar refractivity (Wildman–Crippen MR) is 65.5 cm³/mol. The van der Waals surface area contributed by atoms with Gasteiger partial charge < -0.3 is 10.1 Å². The average Bonchev–Trinajstić information content (AvgIpc) is 2.32. The van der Waals surface area contributed by atoms with Crippen molar-refractivity contribution in [2.75, 3.05) is 12.4 Å². The van der Waals surface area contributed by atoms with Gasteiger partial charge in [-0.05, 0) is 24.3 Å². The van der Waals surface area contributed by atoms with E-state index in [1.807, 2.05) is 24.3 Å². The Labute approximate surface area is 99.0 Å². The number of hydrogen-bond donors (Lipinski definition) is 1. The second-order valence-electron chi connectivity index (χ2n) is 3.19. The molecule has 0 aliphatic rings. The minimum absolute atomic E-state index is 0.588. The number of aromatic nitrogens is 1. The molecule has 1 N–H and O–H groups in total. The summed E-state index contributed by atoms with van der Waals surface area (Å²) in [7, 11) is 1.63. The predicted octanol–water partition coefficient (Wildman–Crippen LogP) is 3.49. The quantitative estimate of drug-likeness (QED) is 0.883. The van der Waals surface area contributed by atoms with Gasteiger partial charge >= 0.3 is 0 Å². The molecule has 0 aliphatic heterocycles. The maximum absolute atomic E-state index is 5.99. The lowest BCUT2D eigenvalue weighted by Gasteiger charge is -2.08. The molecule has 0 bridgehead atoms. The maximum Gasteiger partial charge on any atom is 0.149 e. The largest absolute Gasteiger partial charge is 0.497 e. The lowest BCUT2D eigenvalue weighted by Crippen LogP contribution is -1.94. The summed E-state index contributed by atoms with van der Waals surface area (Å²) in [4.78, 5) is 4.15. The third-order valence-electron chi connectivity index (χ3n) is 2.09. The van der Waals surface area contributed by atoms with Crippen LogP contribution in [0, 0.1) is 0 Å². The van der Waals surface area contributed by atoms with Gasteiger partial charge in [0.2, 0.25) is 0 Å². The zero-order valence-electron chi connectivity index (χ0n) is 8.77. The summed E-state index contributed by atoms with van der Waals surface area (Å²) in [6.45, 7) is 0. The average molecular weight is 235 g/mol. The molecule has 0 spiro atoms. The van der Waals surface area contributed by atoms with Crippen molar-refractivity contribution in [1.29, 1.82) is 0 Å². The van der Waals surface area contributed by atoms with Gasteiger partial charge in [-0.3, -0.25) is 0 Å². The number of anilines is 2. The molecule has 0 saturated carbocycles. The van der Waals surface area contributed by atoms with Crippen LogP contribution in [0.5, 0.6) is 5.75 Å². The molecule has 82 valence electrons. The van der Waals surface area contributed by atoms with Crippen LogP contribution in [0.4, 0.5) is 11.5 Å². The van der Waals surface area contributed by atoms with Gasteiger partial charge in [0.05, 0.1) is 12.1 Å². The number of halogens is 1. The van der Waals surface area contributed by atoms with Crippen LogP contribution in [-0.2, 0) is 0 Å². The van der Waals surface area contributed by atoms with Crippen molar-refractivity contribution in [3.8, 4) is 5.75 Å². The Kier molecular flexibility index (Phi) is 3.27. The molecule has 0 fully saturated rings. The highest BCUT2D eigenvalue weighted by Gasteiger charge is 2.01. The van der Waals surface area contributed by atoms with E-state index in [1.54, 1.807) is 25.4 Å². The van der Waals surface area contributed by atoms with Crippen molar-refractivity contribution in [2.45, 2.75) is 0 Å². The molecule has 0 atom stereocenters. The Bertz CT molecular complexity index is 488. The molecule has 1 aromatic carbocycles. The van der Waals surface area contributed by atoms with Crippen LogP contribution in [0.2, 0.25) is 5.02 Å². The fourth-order valence-corrected chi connectivity index (χ4v) is 1.48. The maximum atomic E-state index is 5.99. The van der Waals surface area contributed by atoms with Gasteiger partial charge in [-0.1, -0.05) is 17.7 Å². The summed E-state index contributed by atoms with van der Waals surface area (Å²) >= 11 is 5.99. The SMILES string of the molecule is COc1cccc(Nc2ncccc2Cl)c1. The fraction of sp³-hybridized carbons (Fsp3) is 0.0833. The van der Waals surface area contributed by atoms with E-state index in [1.165, 1.54) is 0 Å². The molecular weight excluding hydrogens is 224 g/mol. The molecule has 2 rings (SSSR count). The van der Waals surface area contributed by atoms with Crippen molar-refractivity contribution < 1.29 is 4.74 Å². The zero-order chi connectivity index (χ0) is 11.4. The molecular formula is C12H11ClN2O. The van der Waals surface area contributed by atoms with E-state index >= 15 is 0 Å². The molecule has 4 heteroatoms. The van der Waals surface area contributed by atoms with Crippen LogP contribution < -0.4 is 10.1 Å². The van der Waals surface area contributed by atoms with Gasteiger partial charge in [0, 0.05) is 18.0 Å². The fourth-order valence-electron chi connectivity index (χ4n) is 1.32. The van der Waals surface area contributed by atoms with Gasteiger partial charge in [0.25, 0.3) is 0 Å². The Morgan fingerprint density at radius 1 is 1.25 bits per heavy atom. The third-order valence-corrected chi connectivity index (χ3v) is 2.40. The number of rotatable bonds is 3. The highest BCUT2D eigenvalue weighted by Crippen LogP contribution is 2.24. The van der Waals surface area contributed by atoms with Crippen molar-refractivity contribution in [3.05, 3.63) is 47.6 Å². The van der Waals surface area contributed by atoms with Gasteiger partial charge in [-0.15, -0.1) is 0 Å². The monoisotopic (exact) mass is 234 g/mol. The summed E-state index contributed by atoms with van der Waals surface area (Å²) < 4.78 is 5.13. The topological polar surface area (TPSA) is 34.1 Å². The van der Waals surface area contributed by atoms with Gasteiger partial charge in [0.15, 0.2) is 0 Å². The molecule has 0 unspecified atom stereocenters. The van der Waals surface area contributed by atoms with Crippen molar-refractivity contribution in [2.24, 2.45) is 0 Å². The van der Waals surface area contributed by atoms with Crippen LogP contribution in [0.1, 0.15) is 0 Å². The van der Waals surface area contributed by atoms with Gasteiger partial charge in [-0.25, -0.2) is 4.98 Å². The zero-order valence-corrected chi connectivity index (χ0v) is 9.53. The molecule has 16 heavy (non-hydrogen) atoms. The van der Waals surface area contributed by atoms with Crippen LogP contribution in [0.15, 0.2) is 42.6 Å². The number of nitrogens with one attached hydrogen (secondary N) is 1. The molecule has 1 heterocycles. The second kappa shape index (κ2) is 4.86. The molecule has 0 aliphatic carbocycles. The summed E-state index contributed by atoms with van der Waals surface area (Å²) in [6, 6.07) is 11.2. The lowest BCUT2D eigenvalue weighted by atomic mass is 10.3. The van der Waals surface area contributed by atoms with E-state index in [2.05, 4.69) is 10.3 Å². The first-order chi connectivity index (χ1) is 7.79. The van der Waals surface area contributed by atoms with Gasteiger partial charge in [-0.2, -0.15) is 0 Å². The number of nitrogens with zero attached hydrogens (tertiary/aromatic N) is 1. The lowest BCUT2D eigenvalue weighted by molar-refractivity contribution is 0.415. The van der Waals surface area contributed by atoms with E-state index in [9.17, 15) is 0 Å². The molecule has 2 aromatic rings. The van der Waals surface area contributed by atoms with Crippen LogP contribution >= 0.6 is 11.6 Å². The Morgan fingerprint density at radius 2 is 2.12 bits per heavy atom. The summed E-state index contributed by atoms with van der Waals surface area (Å²) in [5.41, 5.74) is 0.889. The first-order valence-corrected chi connectivity index (χ1v) is 5.19. The van der Waals surface area contributed by atoms with E-state index in [0.29, 0.717) is 10.8 Å². The summed E-state index contributed by atoms with van der Waals surface area (Å²) in [5, 5.41) is 3.71. The number of benzene rings is 1. The van der Waals surface area contributed by atoms with Crippen molar-refractivity contribution in [3.63, 3.8) is 0 Å². The van der Waals surface area contributed by atoms with Crippen LogP contribution in [0.3, 0.4) is 0 Å². The minimum Gasteiger partial charge on any atom is -0.497 e. The third kappa shape index (κ3) is 2.44. The number of hydrogen-bond acceptors (Lipinski definition) is 3. The number of methoxy groups -OCH3 is 1. The van der Waals surface area contributed by atoms with E-state index in [0.717, 1.165) is 11.4 Å². The standard InChI is InChI=1S/C12H11ClN2O/c1-16-10-5-2-4-9(8-10)15-12-11(13)6-3-7-14-12/h2-8H,1H3,(H,14,15). The van der Waals surface area contributed by atoms with E-state index in [4.69, 9.17) is 16.3 Å². The number of ether oxygens (including phenoxy) is 1. The first-order valence-electron chi connectivity index (χ1n) is 4.81. The van der Waals surface area contributed by atoms with Gasteiger partial charge in [0.1, 0.15) is 11.6 Å². The molecule has 0 radical (unpaired) electrons. The molecule has 1 aromatic heterocycles. The minimum atomic E-state index is 0.588. The smallest absolute Gasteiger partial charge is 0.149 e. The van der Waals surface area contributed by atoms with E-state index < -0.39 is 0 Å². The molecule has 0 amide bonds. The molecule has 0 saturated heterocycles. The summed E-state index contributed by atoms with van der Waals surface area (Å²) in [6.07, 6.45) is 1.69. The summed E-state index contributed by atoms with van der Waals surface area (Å²) in [5.74, 6) is 1.43. The highest BCUT2D eigenvalue weighted by atomic mass is 35.5.